The second-order valence-corrected chi connectivity index (χ2v) is 6.55. The summed E-state index contributed by atoms with van der Waals surface area (Å²) >= 11 is 6.17. The van der Waals surface area contributed by atoms with Gasteiger partial charge in [-0.05, 0) is 25.2 Å². The van der Waals surface area contributed by atoms with Crippen LogP contribution in [0.2, 0.25) is 5.02 Å². The number of hydrogen-bond acceptors (Lipinski definition) is 4. The van der Waals surface area contributed by atoms with Crippen molar-refractivity contribution in [2.45, 2.75) is 25.7 Å². The number of halogens is 1. The Labute approximate surface area is 151 Å². The molecule has 3 rings (SSSR count). The van der Waals surface area contributed by atoms with Crippen LogP contribution in [0.5, 0.6) is 11.5 Å². The molecule has 1 aliphatic carbocycles. The summed E-state index contributed by atoms with van der Waals surface area (Å²) in [5.41, 5.74) is 0.326. The fraction of sp³-hybridized carbons (Fsp3) is 0.444. The monoisotopic (exact) mass is 364 g/mol. The number of anilines is 1. The second-order valence-electron chi connectivity index (χ2n) is 6.14. The molecule has 7 heteroatoms. The lowest BCUT2D eigenvalue weighted by atomic mass is 9.94. The number of carbonyl (C=O) groups is 2. The molecule has 0 bridgehead atoms. The lowest BCUT2D eigenvalue weighted by molar-refractivity contribution is -0.136. The van der Waals surface area contributed by atoms with Crippen molar-refractivity contribution in [1.29, 1.82) is 0 Å². The largest absolute Gasteiger partial charge is 0.490 e. The Morgan fingerprint density at radius 3 is 2.60 bits per heavy atom. The third-order valence-electron chi connectivity index (χ3n) is 4.22. The molecule has 0 saturated carbocycles. The van der Waals surface area contributed by atoms with Crippen LogP contribution in [0.3, 0.4) is 0 Å². The highest BCUT2D eigenvalue weighted by molar-refractivity contribution is 6.41. The molecule has 134 valence electrons. The van der Waals surface area contributed by atoms with E-state index in [0.717, 1.165) is 25.7 Å². The summed E-state index contributed by atoms with van der Waals surface area (Å²) in [6.45, 7) is 1.57. The van der Waals surface area contributed by atoms with Crippen LogP contribution < -0.4 is 20.1 Å². The minimum atomic E-state index is -0.747. The first-order valence-electron chi connectivity index (χ1n) is 8.47. The number of carbonyl (C=O) groups excluding carboxylic acids is 2. The van der Waals surface area contributed by atoms with E-state index in [2.05, 4.69) is 22.8 Å². The van der Waals surface area contributed by atoms with Crippen molar-refractivity contribution < 1.29 is 19.1 Å². The smallest absolute Gasteiger partial charge is 0.313 e. The summed E-state index contributed by atoms with van der Waals surface area (Å²) in [5.74, 6) is 0.00533. The van der Waals surface area contributed by atoms with E-state index in [0.29, 0.717) is 47.9 Å². The van der Waals surface area contributed by atoms with Crippen molar-refractivity contribution in [1.82, 2.24) is 5.32 Å². The molecule has 0 saturated heterocycles. The maximum atomic E-state index is 12.1. The van der Waals surface area contributed by atoms with Crippen LogP contribution in [0.4, 0.5) is 5.69 Å². The maximum Gasteiger partial charge on any atom is 0.313 e. The number of fused-ring (bicyclic) bond motifs is 1. The minimum Gasteiger partial charge on any atom is -0.490 e. The van der Waals surface area contributed by atoms with E-state index < -0.39 is 11.8 Å². The quantitative estimate of drug-likeness (QED) is 0.638. The summed E-state index contributed by atoms with van der Waals surface area (Å²) in [6, 6.07) is 3.17. The Kier molecular flexibility index (Phi) is 5.81. The highest BCUT2D eigenvalue weighted by Crippen LogP contribution is 2.37. The van der Waals surface area contributed by atoms with Crippen LogP contribution in [0, 0.1) is 5.92 Å². The van der Waals surface area contributed by atoms with Crippen molar-refractivity contribution in [2.24, 2.45) is 5.92 Å². The Hall–Kier alpha value is -2.21. The van der Waals surface area contributed by atoms with Crippen LogP contribution in [-0.4, -0.2) is 31.6 Å². The average Bonchev–Trinajstić information content (AvgIpc) is 2.85. The molecule has 1 aromatic rings. The average molecular weight is 365 g/mol. The minimum absolute atomic E-state index is 0.294. The van der Waals surface area contributed by atoms with Gasteiger partial charge in [0.2, 0.25) is 0 Å². The van der Waals surface area contributed by atoms with Gasteiger partial charge in [0.25, 0.3) is 0 Å². The van der Waals surface area contributed by atoms with Gasteiger partial charge in [0.1, 0.15) is 0 Å². The first-order chi connectivity index (χ1) is 12.1. The SMILES string of the molecule is O=C(NCC1CC=CCC1)C(=O)Nc1cc2c(cc1Cl)OCCCO2. The van der Waals surface area contributed by atoms with Crippen LogP contribution in [0.1, 0.15) is 25.7 Å². The van der Waals surface area contributed by atoms with Crippen LogP contribution in [0.15, 0.2) is 24.3 Å². The van der Waals surface area contributed by atoms with Gasteiger partial charge < -0.3 is 20.1 Å². The molecule has 0 radical (unpaired) electrons. The Morgan fingerprint density at radius 2 is 1.88 bits per heavy atom. The molecule has 25 heavy (non-hydrogen) atoms. The molecule has 1 atom stereocenters. The molecule has 2 N–H and O–H groups in total. The highest BCUT2D eigenvalue weighted by Gasteiger charge is 2.20. The van der Waals surface area contributed by atoms with Gasteiger partial charge in [0.05, 0.1) is 23.9 Å². The first-order valence-corrected chi connectivity index (χ1v) is 8.84. The standard InChI is InChI=1S/C18H21ClN2O4/c19-13-9-15-16(25-8-4-7-24-15)10-14(13)21-18(23)17(22)20-11-12-5-2-1-3-6-12/h1-2,9-10,12H,3-8,11H2,(H,20,22)(H,21,23). The van der Waals surface area contributed by atoms with Gasteiger partial charge in [-0.15, -0.1) is 0 Å². The molecule has 1 unspecified atom stereocenters. The molecule has 0 fully saturated rings. The lowest BCUT2D eigenvalue weighted by Crippen LogP contribution is -2.38. The van der Waals surface area contributed by atoms with E-state index in [9.17, 15) is 9.59 Å². The number of benzene rings is 1. The molecule has 1 aromatic carbocycles. The van der Waals surface area contributed by atoms with Gasteiger partial charge in [-0.2, -0.15) is 0 Å². The molecule has 1 heterocycles. The Balaban J connectivity index is 1.59. The first kappa shape index (κ1) is 17.6. The predicted octanol–water partition coefficient (Wildman–Crippen LogP) is 2.91. The van der Waals surface area contributed by atoms with Crippen LogP contribution in [-0.2, 0) is 9.59 Å². The normalized spacial score (nSPS) is 19.0. The molecule has 0 aromatic heterocycles. The highest BCUT2D eigenvalue weighted by atomic mass is 35.5. The summed E-state index contributed by atoms with van der Waals surface area (Å²) < 4.78 is 11.1. The molecular formula is C18H21ClN2O4. The lowest BCUT2D eigenvalue weighted by Gasteiger charge is -2.18. The van der Waals surface area contributed by atoms with E-state index in [4.69, 9.17) is 21.1 Å². The maximum absolute atomic E-state index is 12.1. The van der Waals surface area contributed by atoms with Crippen molar-refractivity contribution >= 4 is 29.1 Å². The fourth-order valence-corrected chi connectivity index (χ4v) is 3.02. The number of allylic oxidation sites excluding steroid dienone is 2. The molecule has 6 nitrogen and oxygen atoms in total. The molecule has 2 amide bonds. The molecule has 2 aliphatic rings. The van der Waals surface area contributed by atoms with Gasteiger partial charge in [-0.3, -0.25) is 9.59 Å². The van der Waals surface area contributed by atoms with Gasteiger partial charge in [-0.25, -0.2) is 0 Å². The molecular weight excluding hydrogens is 344 g/mol. The molecule has 0 spiro atoms. The van der Waals surface area contributed by atoms with Gasteiger partial charge in [-0.1, -0.05) is 23.8 Å². The van der Waals surface area contributed by atoms with E-state index in [-0.39, 0.29) is 0 Å². The number of amides is 2. The summed E-state index contributed by atoms with van der Waals surface area (Å²) in [6.07, 6.45) is 7.98. The van der Waals surface area contributed by atoms with Crippen molar-refractivity contribution in [3.05, 3.63) is 29.3 Å². The van der Waals surface area contributed by atoms with E-state index in [1.807, 2.05) is 0 Å². The van der Waals surface area contributed by atoms with Gasteiger partial charge >= 0.3 is 11.8 Å². The van der Waals surface area contributed by atoms with Crippen molar-refractivity contribution in [3.63, 3.8) is 0 Å². The van der Waals surface area contributed by atoms with E-state index in [1.54, 1.807) is 12.1 Å². The predicted molar refractivity (Wildman–Crippen MR) is 95.2 cm³/mol. The summed E-state index contributed by atoms with van der Waals surface area (Å²) in [4.78, 5) is 24.1. The third kappa shape index (κ3) is 4.66. The van der Waals surface area contributed by atoms with Crippen molar-refractivity contribution in [2.75, 3.05) is 25.1 Å². The summed E-state index contributed by atoms with van der Waals surface area (Å²) in [7, 11) is 0. The van der Waals surface area contributed by atoms with Gasteiger partial charge in [0.15, 0.2) is 11.5 Å². The van der Waals surface area contributed by atoms with Crippen LogP contribution in [0.25, 0.3) is 0 Å². The number of hydrogen-bond donors (Lipinski definition) is 2. The summed E-state index contributed by atoms with van der Waals surface area (Å²) in [5, 5.41) is 5.51. The Bertz CT molecular complexity index is 690. The zero-order valence-electron chi connectivity index (χ0n) is 13.8. The van der Waals surface area contributed by atoms with Gasteiger partial charge in [0, 0.05) is 25.1 Å². The number of rotatable bonds is 3. The van der Waals surface area contributed by atoms with E-state index >= 15 is 0 Å². The molecule has 1 aliphatic heterocycles. The third-order valence-corrected chi connectivity index (χ3v) is 4.53. The zero-order chi connectivity index (χ0) is 17.6. The Morgan fingerprint density at radius 1 is 1.12 bits per heavy atom. The zero-order valence-corrected chi connectivity index (χ0v) is 14.6. The second kappa shape index (κ2) is 8.25. The van der Waals surface area contributed by atoms with E-state index in [1.165, 1.54) is 0 Å². The fourth-order valence-electron chi connectivity index (χ4n) is 2.82. The number of nitrogens with one attached hydrogen (secondary N) is 2. The topological polar surface area (TPSA) is 76.7 Å². The van der Waals surface area contributed by atoms with Crippen LogP contribution >= 0.6 is 11.6 Å². The van der Waals surface area contributed by atoms with Crippen molar-refractivity contribution in [3.8, 4) is 11.5 Å². The number of ether oxygens (including phenoxy) is 2.